The van der Waals surface area contributed by atoms with E-state index >= 15 is 0 Å². The lowest BCUT2D eigenvalue weighted by Crippen LogP contribution is -2.30. The predicted molar refractivity (Wildman–Crippen MR) is 110 cm³/mol. The van der Waals surface area contributed by atoms with E-state index < -0.39 is 30.0 Å². The van der Waals surface area contributed by atoms with Crippen LogP contribution in [0.5, 0.6) is 0 Å². The maximum absolute atomic E-state index is 13.8. The van der Waals surface area contributed by atoms with Crippen molar-refractivity contribution in [3.63, 3.8) is 0 Å². The molecule has 0 bridgehead atoms. The predicted octanol–water partition coefficient (Wildman–Crippen LogP) is 5.05. The first-order valence-electron chi connectivity index (χ1n) is 9.68. The normalized spacial score (nSPS) is 16.3. The summed E-state index contributed by atoms with van der Waals surface area (Å²) in [6.07, 6.45) is -7.08. The third kappa shape index (κ3) is 7.03. The summed E-state index contributed by atoms with van der Waals surface area (Å²) in [7, 11) is 1.40. The Hall–Kier alpha value is -2.92. The minimum Gasteiger partial charge on any atom is -0.433 e. The molecule has 1 N–H and O–H groups in total. The van der Waals surface area contributed by atoms with E-state index in [1.807, 2.05) is 0 Å². The van der Waals surface area contributed by atoms with Crippen LogP contribution in [0.3, 0.4) is 0 Å². The minimum absolute atomic E-state index is 0.00754. The number of carbonyl (C=O) groups excluding carboxylic acids is 2. The summed E-state index contributed by atoms with van der Waals surface area (Å²) in [4.78, 5) is 24.3. The fourth-order valence-electron chi connectivity index (χ4n) is 3.09. The number of carbonyl (C=O) groups is 2. The van der Waals surface area contributed by atoms with Crippen molar-refractivity contribution in [3.05, 3.63) is 58.3 Å². The SMILES string of the molecule is COCCOC(=O)OC1=C(C)NC(C)=C(OC(=O)OCCCl)C1c1ccccc1C(F)(F)F. The highest BCUT2D eigenvalue weighted by Gasteiger charge is 2.42. The van der Waals surface area contributed by atoms with Crippen LogP contribution >= 0.6 is 11.6 Å². The van der Waals surface area contributed by atoms with Crippen molar-refractivity contribution < 1.29 is 46.4 Å². The Labute approximate surface area is 193 Å². The van der Waals surface area contributed by atoms with Gasteiger partial charge in [0, 0.05) is 7.11 Å². The lowest BCUT2D eigenvalue weighted by Gasteiger charge is -2.31. The summed E-state index contributed by atoms with van der Waals surface area (Å²) < 4.78 is 66.4. The quantitative estimate of drug-likeness (QED) is 0.306. The molecule has 0 saturated carbocycles. The molecule has 0 spiro atoms. The third-order valence-electron chi connectivity index (χ3n) is 4.41. The zero-order valence-corrected chi connectivity index (χ0v) is 18.8. The van der Waals surface area contributed by atoms with Crippen LogP contribution in [0.15, 0.2) is 47.2 Å². The average Bonchev–Trinajstić information content (AvgIpc) is 2.75. The van der Waals surface area contributed by atoms with Gasteiger partial charge in [-0.2, -0.15) is 13.2 Å². The molecule has 0 radical (unpaired) electrons. The summed E-state index contributed by atoms with van der Waals surface area (Å²) in [5.74, 6) is -1.90. The van der Waals surface area contributed by atoms with Crippen LogP contribution < -0.4 is 5.32 Å². The molecule has 1 aromatic carbocycles. The van der Waals surface area contributed by atoms with Crippen LogP contribution in [0.25, 0.3) is 0 Å². The van der Waals surface area contributed by atoms with E-state index in [4.69, 9.17) is 35.3 Å². The van der Waals surface area contributed by atoms with E-state index in [9.17, 15) is 22.8 Å². The Bertz CT molecular complexity index is 931. The largest absolute Gasteiger partial charge is 0.513 e. The smallest absolute Gasteiger partial charge is 0.433 e. The monoisotopic (exact) mass is 493 g/mol. The fraction of sp³-hybridized carbons (Fsp3) is 0.429. The van der Waals surface area contributed by atoms with Crippen LogP contribution in [0.4, 0.5) is 22.8 Å². The van der Waals surface area contributed by atoms with Gasteiger partial charge in [0.25, 0.3) is 0 Å². The van der Waals surface area contributed by atoms with Crippen LogP contribution in [0.1, 0.15) is 30.9 Å². The van der Waals surface area contributed by atoms with E-state index in [0.717, 1.165) is 6.07 Å². The third-order valence-corrected chi connectivity index (χ3v) is 4.56. The number of hydrogen-bond acceptors (Lipinski definition) is 8. The van der Waals surface area contributed by atoms with Crippen LogP contribution in [-0.2, 0) is 29.9 Å². The number of benzene rings is 1. The minimum atomic E-state index is -4.74. The molecular weight excluding hydrogens is 471 g/mol. The Kier molecular flexibility index (Phi) is 9.42. The second kappa shape index (κ2) is 11.8. The Morgan fingerprint density at radius 1 is 0.970 bits per heavy atom. The second-order valence-corrected chi connectivity index (χ2v) is 7.08. The van der Waals surface area contributed by atoms with Crippen molar-refractivity contribution in [2.24, 2.45) is 0 Å². The van der Waals surface area contributed by atoms with Gasteiger partial charge in [-0.1, -0.05) is 18.2 Å². The molecule has 0 aromatic heterocycles. The van der Waals surface area contributed by atoms with E-state index in [0.29, 0.717) is 0 Å². The Morgan fingerprint density at radius 2 is 1.52 bits per heavy atom. The number of rotatable bonds is 8. The zero-order valence-electron chi connectivity index (χ0n) is 18.1. The van der Waals surface area contributed by atoms with Crippen molar-refractivity contribution >= 4 is 23.9 Å². The van der Waals surface area contributed by atoms with Crippen LogP contribution in [-0.4, -0.2) is 45.1 Å². The van der Waals surface area contributed by atoms with Crippen molar-refractivity contribution in [2.45, 2.75) is 25.9 Å². The summed E-state index contributed by atoms with van der Waals surface area (Å²) in [5, 5.41) is 2.83. The molecule has 33 heavy (non-hydrogen) atoms. The van der Waals surface area contributed by atoms with Crippen LogP contribution in [0.2, 0.25) is 0 Å². The number of nitrogens with one attached hydrogen (secondary N) is 1. The molecule has 1 aliphatic heterocycles. The first kappa shape index (κ1) is 26.3. The van der Waals surface area contributed by atoms with Crippen molar-refractivity contribution in [2.75, 3.05) is 32.8 Å². The molecule has 0 amide bonds. The van der Waals surface area contributed by atoms with Gasteiger partial charge in [0.15, 0.2) is 0 Å². The molecule has 1 atom stereocenters. The Morgan fingerprint density at radius 3 is 2.03 bits per heavy atom. The van der Waals surface area contributed by atoms with Crippen molar-refractivity contribution in [1.82, 2.24) is 5.32 Å². The molecule has 0 fully saturated rings. The summed E-state index contributed by atoms with van der Waals surface area (Å²) in [5.41, 5.74) is -0.858. The molecule has 1 aromatic rings. The van der Waals surface area contributed by atoms with Gasteiger partial charge in [0.1, 0.15) is 30.6 Å². The van der Waals surface area contributed by atoms with E-state index in [1.54, 1.807) is 0 Å². The van der Waals surface area contributed by atoms with Gasteiger partial charge in [-0.3, -0.25) is 0 Å². The molecule has 1 unspecified atom stereocenters. The topological polar surface area (TPSA) is 92.3 Å². The van der Waals surface area contributed by atoms with E-state index in [1.165, 1.54) is 39.2 Å². The van der Waals surface area contributed by atoms with Gasteiger partial charge in [-0.05, 0) is 25.5 Å². The number of allylic oxidation sites excluding steroid dienone is 2. The zero-order chi connectivity index (χ0) is 24.6. The van der Waals surface area contributed by atoms with E-state index in [2.05, 4.69) is 5.32 Å². The lowest BCUT2D eigenvalue weighted by molar-refractivity contribution is -0.138. The summed E-state index contributed by atoms with van der Waals surface area (Å²) in [6, 6.07) is 4.68. The summed E-state index contributed by atoms with van der Waals surface area (Å²) >= 11 is 5.49. The maximum Gasteiger partial charge on any atom is 0.513 e. The van der Waals surface area contributed by atoms with Gasteiger partial charge >= 0.3 is 18.5 Å². The van der Waals surface area contributed by atoms with Gasteiger partial charge in [-0.15, -0.1) is 11.6 Å². The molecular formula is C21H23ClF3NO7. The van der Waals surface area contributed by atoms with Gasteiger partial charge in [-0.25, -0.2) is 9.59 Å². The number of alkyl halides is 4. The standard InChI is InChI=1S/C21H23ClF3NO7/c1-12-17(32-19(27)30-9-8-22)16(14-6-4-5-7-15(14)21(23,24)25)18(13(2)26-12)33-20(28)31-11-10-29-3/h4-7,16,26H,8-11H2,1-3H3. The molecule has 12 heteroatoms. The molecule has 0 aliphatic carbocycles. The number of hydrogen-bond donors (Lipinski definition) is 1. The molecule has 0 saturated heterocycles. The maximum atomic E-state index is 13.8. The highest BCUT2D eigenvalue weighted by Crippen LogP contribution is 2.44. The number of dihydropyridines is 1. The highest BCUT2D eigenvalue weighted by atomic mass is 35.5. The van der Waals surface area contributed by atoms with Gasteiger partial charge < -0.3 is 29.0 Å². The number of ether oxygens (including phenoxy) is 5. The van der Waals surface area contributed by atoms with Crippen molar-refractivity contribution in [3.8, 4) is 0 Å². The second-order valence-electron chi connectivity index (χ2n) is 6.70. The number of methoxy groups -OCH3 is 1. The molecule has 1 heterocycles. The molecule has 8 nitrogen and oxygen atoms in total. The molecule has 2 rings (SSSR count). The fourth-order valence-corrected chi connectivity index (χ4v) is 3.16. The molecule has 182 valence electrons. The van der Waals surface area contributed by atoms with Gasteiger partial charge in [0.05, 0.1) is 29.4 Å². The number of halogens is 4. The first-order valence-corrected chi connectivity index (χ1v) is 10.2. The lowest BCUT2D eigenvalue weighted by atomic mass is 9.87. The Balaban J connectivity index is 2.53. The van der Waals surface area contributed by atoms with E-state index in [-0.39, 0.29) is 54.2 Å². The molecule has 1 aliphatic rings. The first-order chi connectivity index (χ1) is 15.6. The average molecular weight is 494 g/mol. The van der Waals surface area contributed by atoms with Crippen LogP contribution in [0, 0.1) is 0 Å². The summed E-state index contributed by atoms with van der Waals surface area (Å²) in [6.45, 7) is 2.76. The highest BCUT2D eigenvalue weighted by molar-refractivity contribution is 6.18. The van der Waals surface area contributed by atoms with Crippen molar-refractivity contribution in [1.29, 1.82) is 0 Å². The van der Waals surface area contributed by atoms with Gasteiger partial charge in [0.2, 0.25) is 0 Å².